The number of anilines is 2. The number of fused-ring (bicyclic) bond motifs is 1. The van der Waals surface area contributed by atoms with Crippen LogP contribution in [0, 0.1) is 0 Å². The molecule has 3 heterocycles. The molecular weight excluding hydrogens is 300 g/mol. The molecule has 0 saturated heterocycles. The first-order chi connectivity index (χ1) is 11.8. The molecule has 1 aliphatic heterocycles. The second kappa shape index (κ2) is 6.20. The molecule has 1 aliphatic rings. The molecule has 0 aliphatic carbocycles. The first-order valence-electron chi connectivity index (χ1n) is 8.01. The predicted molar refractivity (Wildman–Crippen MR) is 98.3 cm³/mol. The van der Waals surface area contributed by atoms with Gasteiger partial charge in [0.05, 0.1) is 24.4 Å². The van der Waals surface area contributed by atoms with Crippen LogP contribution in [0.15, 0.2) is 53.7 Å². The molecule has 0 fully saturated rings. The van der Waals surface area contributed by atoms with E-state index >= 15 is 0 Å². The Bertz CT molecular complexity index is 939. The quantitative estimate of drug-likeness (QED) is 0.742. The smallest absolute Gasteiger partial charge is 0.142 e. The number of aromatic amines is 1. The predicted octanol–water partition coefficient (Wildman–Crippen LogP) is 4.17. The number of nitrogens with one attached hydrogen (secondary N) is 2. The van der Waals surface area contributed by atoms with Crippen LogP contribution in [0.25, 0.3) is 16.5 Å². The van der Waals surface area contributed by atoms with Crippen molar-refractivity contribution >= 4 is 34.2 Å². The average Bonchev–Trinajstić information content (AvgIpc) is 3.25. The fraction of sp³-hybridized carbons (Fsp3) is 0.158. The molecule has 120 valence electrons. The largest absolute Gasteiger partial charge is 0.492 e. The number of pyridine rings is 1. The lowest BCUT2D eigenvalue weighted by Gasteiger charge is -2.11. The third-order valence-corrected chi connectivity index (χ3v) is 3.91. The zero-order chi connectivity index (χ0) is 16.4. The Morgan fingerprint density at radius 1 is 1.25 bits per heavy atom. The van der Waals surface area contributed by atoms with Crippen LogP contribution in [0.3, 0.4) is 0 Å². The third-order valence-electron chi connectivity index (χ3n) is 3.91. The van der Waals surface area contributed by atoms with Crippen LogP contribution in [0.1, 0.15) is 12.6 Å². The van der Waals surface area contributed by atoms with E-state index in [-0.39, 0.29) is 0 Å². The molecule has 5 heteroatoms. The maximum absolute atomic E-state index is 5.65. The van der Waals surface area contributed by atoms with Gasteiger partial charge in [0, 0.05) is 35.1 Å². The molecule has 0 unspecified atom stereocenters. The van der Waals surface area contributed by atoms with Gasteiger partial charge in [0.1, 0.15) is 11.6 Å². The van der Waals surface area contributed by atoms with Crippen LogP contribution in [0.5, 0.6) is 5.75 Å². The van der Waals surface area contributed by atoms with Gasteiger partial charge in [-0.3, -0.25) is 4.99 Å². The molecule has 3 aromatic rings. The third kappa shape index (κ3) is 2.76. The fourth-order valence-electron chi connectivity index (χ4n) is 2.77. The zero-order valence-corrected chi connectivity index (χ0v) is 13.4. The van der Waals surface area contributed by atoms with Gasteiger partial charge < -0.3 is 15.0 Å². The summed E-state index contributed by atoms with van der Waals surface area (Å²) in [6, 6.07) is 12.0. The van der Waals surface area contributed by atoms with Crippen LogP contribution in [0.4, 0.5) is 11.5 Å². The summed E-state index contributed by atoms with van der Waals surface area (Å²) in [5.74, 6) is 1.60. The first kappa shape index (κ1) is 14.5. The molecule has 0 atom stereocenters. The van der Waals surface area contributed by atoms with Crippen molar-refractivity contribution in [2.24, 2.45) is 4.99 Å². The molecule has 24 heavy (non-hydrogen) atoms. The van der Waals surface area contributed by atoms with Crippen molar-refractivity contribution in [2.75, 3.05) is 18.5 Å². The Balaban J connectivity index is 1.64. The highest BCUT2D eigenvalue weighted by Gasteiger charge is 2.09. The van der Waals surface area contributed by atoms with Crippen molar-refractivity contribution in [1.29, 1.82) is 0 Å². The van der Waals surface area contributed by atoms with E-state index in [1.807, 2.05) is 49.7 Å². The van der Waals surface area contributed by atoms with Crippen molar-refractivity contribution in [3.05, 3.63) is 54.4 Å². The van der Waals surface area contributed by atoms with E-state index in [4.69, 9.17) is 4.74 Å². The van der Waals surface area contributed by atoms with Crippen molar-refractivity contribution in [2.45, 2.75) is 6.92 Å². The molecule has 0 spiro atoms. The minimum atomic E-state index is 0.627. The second-order valence-electron chi connectivity index (χ2n) is 5.55. The molecule has 2 N–H and O–H groups in total. The molecule has 0 saturated carbocycles. The van der Waals surface area contributed by atoms with E-state index < -0.39 is 0 Å². The molecule has 2 aromatic heterocycles. The Hall–Kier alpha value is -3.08. The number of hydrogen-bond donors (Lipinski definition) is 2. The van der Waals surface area contributed by atoms with Gasteiger partial charge in [0.2, 0.25) is 0 Å². The summed E-state index contributed by atoms with van der Waals surface area (Å²) in [4.78, 5) is 12.2. The van der Waals surface area contributed by atoms with Gasteiger partial charge >= 0.3 is 0 Å². The maximum atomic E-state index is 5.65. The monoisotopic (exact) mass is 318 g/mol. The Labute approximate surface area is 140 Å². The summed E-state index contributed by atoms with van der Waals surface area (Å²) in [6.45, 7) is 3.36. The van der Waals surface area contributed by atoms with Crippen LogP contribution in [-0.2, 0) is 0 Å². The highest BCUT2D eigenvalue weighted by atomic mass is 16.5. The van der Waals surface area contributed by atoms with Crippen LogP contribution in [0.2, 0.25) is 0 Å². The number of H-pyrrole nitrogens is 1. The van der Waals surface area contributed by atoms with Crippen LogP contribution in [-0.4, -0.2) is 29.3 Å². The average molecular weight is 318 g/mol. The number of ether oxygens (including phenoxy) is 1. The van der Waals surface area contributed by atoms with Crippen molar-refractivity contribution in [1.82, 2.24) is 9.97 Å². The van der Waals surface area contributed by atoms with Gasteiger partial charge in [-0.05, 0) is 25.1 Å². The van der Waals surface area contributed by atoms with Crippen molar-refractivity contribution in [3.8, 4) is 5.75 Å². The van der Waals surface area contributed by atoms with E-state index in [0.717, 1.165) is 46.0 Å². The van der Waals surface area contributed by atoms with Crippen molar-refractivity contribution < 1.29 is 4.74 Å². The number of para-hydroxylation sites is 2. The molecule has 4 rings (SSSR count). The summed E-state index contributed by atoms with van der Waals surface area (Å²) >= 11 is 0. The standard InChI is InChI=1S/C19H18N4O/c1-2-24-18-6-4-3-5-15(18)23-19-10-17-14(12-21-19)9-16(22-17)13-7-8-20-11-13/h3-7,9-12,22H,2,8H2,1H3,(H,21,23). The molecule has 0 bridgehead atoms. The molecule has 0 radical (unpaired) electrons. The van der Waals surface area contributed by atoms with Gasteiger partial charge in [-0.15, -0.1) is 0 Å². The Morgan fingerprint density at radius 2 is 2.17 bits per heavy atom. The number of rotatable bonds is 5. The van der Waals surface area contributed by atoms with E-state index in [0.29, 0.717) is 6.61 Å². The van der Waals surface area contributed by atoms with Crippen LogP contribution < -0.4 is 10.1 Å². The Morgan fingerprint density at radius 3 is 3.00 bits per heavy atom. The van der Waals surface area contributed by atoms with E-state index in [2.05, 4.69) is 32.4 Å². The van der Waals surface area contributed by atoms with Gasteiger partial charge in [0.25, 0.3) is 0 Å². The number of aliphatic imine (C=N–C) groups is 1. The van der Waals surface area contributed by atoms with Gasteiger partial charge in [0.15, 0.2) is 0 Å². The van der Waals surface area contributed by atoms with Gasteiger partial charge in [-0.2, -0.15) is 0 Å². The maximum Gasteiger partial charge on any atom is 0.142 e. The first-order valence-corrected chi connectivity index (χ1v) is 8.01. The number of nitrogens with zero attached hydrogens (tertiary/aromatic N) is 2. The number of benzene rings is 1. The molecule has 5 nitrogen and oxygen atoms in total. The minimum absolute atomic E-state index is 0.627. The lowest BCUT2D eigenvalue weighted by molar-refractivity contribution is 0.342. The van der Waals surface area contributed by atoms with E-state index in [1.165, 1.54) is 0 Å². The molecular formula is C19H18N4O. The number of allylic oxidation sites excluding steroid dienone is 1. The Kier molecular flexibility index (Phi) is 3.75. The normalized spacial score (nSPS) is 13.3. The zero-order valence-electron chi connectivity index (χ0n) is 13.4. The summed E-state index contributed by atoms with van der Waals surface area (Å²) in [5, 5.41) is 4.41. The second-order valence-corrected chi connectivity index (χ2v) is 5.55. The molecule has 1 aromatic carbocycles. The van der Waals surface area contributed by atoms with Crippen molar-refractivity contribution in [3.63, 3.8) is 0 Å². The lowest BCUT2D eigenvalue weighted by Crippen LogP contribution is -1.98. The molecule has 0 amide bonds. The minimum Gasteiger partial charge on any atom is -0.492 e. The summed E-state index contributed by atoms with van der Waals surface area (Å²) < 4.78 is 5.65. The topological polar surface area (TPSA) is 62.3 Å². The van der Waals surface area contributed by atoms with Gasteiger partial charge in [-0.25, -0.2) is 4.98 Å². The van der Waals surface area contributed by atoms with Gasteiger partial charge in [-0.1, -0.05) is 18.2 Å². The highest BCUT2D eigenvalue weighted by molar-refractivity contribution is 6.12. The van der Waals surface area contributed by atoms with Crippen LogP contribution >= 0.6 is 0 Å². The van der Waals surface area contributed by atoms with E-state index in [1.54, 1.807) is 0 Å². The number of aromatic nitrogens is 2. The SMILES string of the molecule is CCOc1ccccc1Nc1cc2[nH]c(C3=CCN=C3)cc2cn1. The summed E-state index contributed by atoms with van der Waals surface area (Å²) in [5.41, 5.74) is 4.14. The summed E-state index contributed by atoms with van der Waals surface area (Å²) in [7, 11) is 0. The summed E-state index contributed by atoms with van der Waals surface area (Å²) in [6.07, 6.45) is 5.87. The number of hydrogen-bond acceptors (Lipinski definition) is 4. The highest BCUT2D eigenvalue weighted by Crippen LogP contribution is 2.28. The fourth-order valence-corrected chi connectivity index (χ4v) is 2.77. The van der Waals surface area contributed by atoms with E-state index in [9.17, 15) is 0 Å². The lowest BCUT2D eigenvalue weighted by atomic mass is 10.2.